The van der Waals surface area contributed by atoms with E-state index in [2.05, 4.69) is 39.1 Å². The number of nitrogens with one attached hydrogen (secondary N) is 1. The molecule has 0 saturated carbocycles. The van der Waals surface area contributed by atoms with Crippen molar-refractivity contribution in [2.24, 2.45) is 0 Å². The van der Waals surface area contributed by atoms with Crippen molar-refractivity contribution in [3.05, 3.63) is 101 Å². The van der Waals surface area contributed by atoms with Gasteiger partial charge in [-0.05, 0) is 98.9 Å². The second-order valence-corrected chi connectivity index (χ2v) is 11.1. The number of piperidine rings is 1. The maximum absolute atomic E-state index is 13.1. The van der Waals surface area contributed by atoms with Gasteiger partial charge in [0.1, 0.15) is 17.7 Å². The van der Waals surface area contributed by atoms with Crippen LogP contribution in [0.3, 0.4) is 0 Å². The molecule has 6 heteroatoms. The molecule has 2 fully saturated rings. The number of ether oxygens (including phenoxy) is 1. The van der Waals surface area contributed by atoms with E-state index in [-0.39, 0.29) is 17.8 Å². The fraction of sp³-hybridized carbons (Fsp3) is 0.400. The normalized spacial score (nSPS) is 16.8. The third-order valence-corrected chi connectivity index (χ3v) is 7.87. The number of likely N-dealkylation sites (tertiary alicyclic amines) is 2. The third-order valence-electron chi connectivity index (χ3n) is 7.87. The molecule has 214 valence electrons. The monoisotopic (exact) mass is 553 g/mol. The standard InChI is InChI=1S/C35H40FN3O2/c36-32-15-13-28(14-16-32)11-12-29-7-5-8-30(25-29)27-39-22-17-33(18-23-39)41-34-10-6-9-31(26-34)35(40)37-19-24-38-20-3-1-2-4-21-38/h5-10,13-16,25-26,33H,1-4,17-24,27H2,(H,37,40). The van der Waals surface area contributed by atoms with Crippen LogP contribution in [0.1, 0.15) is 65.6 Å². The molecule has 2 heterocycles. The molecule has 0 radical (unpaired) electrons. The molecular weight excluding hydrogens is 513 g/mol. The van der Waals surface area contributed by atoms with E-state index in [1.54, 1.807) is 12.1 Å². The SMILES string of the molecule is O=C(NCCN1CCCCCC1)c1cccc(OC2CCN(Cc3cccc(C#Cc4ccc(F)cc4)c3)CC2)c1. The Morgan fingerprint density at radius 3 is 2.34 bits per heavy atom. The maximum atomic E-state index is 13.1. The van der Waals surface area contributed by atoms with E-state index >= 15 is 0 Å². The van der Waals surface area contributed by atoms with Crippen LogP contribution >= 0.6 is 0 Å². The van der Waals surface area contributed by atoms with Crippen LogP contribution < -0.4 is 10.1 Å². The minimum Gasteiger partial charge on any atom is -0.490 e. The molecule has 3 aromatic rings. The molecule has 0 aromatic heterocycles. The third kappa shape index (κ3) is 9.18. The molecule has 2 aliphatic rings. The van der Waals surface area contributed by atoms with Gasteiger partial charge in [-0.3, -0.25) is 9.69 Å². The highest BCUT2D eigenvalue weighted by Crippen LogP contribution is 2.22. The van der Waals surface area contributed by atoms with Gasteiger partial charge in [-0.2, -0.15) is 0 Å². The number of benzene rings is 3. The van der Waals surface area contributed by atoms with Crippen LogP contribution in [0.4, 0.5) is 4.39 Å². The zero-order valence-electron chi connectivity index (χ0n) is 23.8. The van der Waals surface area contributed by atoms with Gasteiger partial charge in [0.2, 0.25) is 0 Å². The van der Waals surface area contributed by atoms with E-state index < -0.39 is 0 Å². The maximum Gasteiger partial charge on any atom is 0.251 e. The van der Waals surface area contributed by atoms with Crippen molar-refractivity contribution in [3.8, 4) is 17.6 Å². The van der Waals surface area contributed by atoms with Crippen LogP contribution in [0.25, 0.3) is 0 Å². The van der Waals surface area contributed by atoms with Crippen molar-refractivity contribution in [1.82, 2.24) is 15.1 Å². The number of nitrogens with zero attached hydrogens (tertiary/aromatic N) is 2. The molecule has 0 bridgehead atoms. The highest BCUT2D eigenvalue weighted by molar-refractivity contribution is 5.94. The minimum absolute atomic E-state index is 0.0373. The molecule has 0 atom stereocenters. The summed E-state index contributed by atoms with van der Waals surface area (Å²) in [5, 5.41) is 3.08. The number of rotatable bonds is 8. The van der Waals surface area contributed by atoms with E-state index in [0.717, 1.165) is 69.0 Å². The Balaban J connectivity index is 1.06. The van der Waals surface area contributed by atoms with Crippen LogP contribution in [0.15, 0.2) is 72.8 Å². The van der Waals surface area contributed by atoms with Crippen molar-refractivity contribution in [1.29, 1.82) is 0 Å². The molecule has 0 spiro atoms. The number of hydrogen-bond donors (Lipinski definition) is 1. The lowest BCUT2D eigenvalue weighted by molar-refractivity contribution is 0.0933. The number of carbonyl (C=O) groups excluding carboxylic acids is 1. The van der Waals surface area contributed by atoms with Crippen molar-refractivity contribution >= 4 is 5.91 Å². The van der Waals surface area contributed by atoms with Gasteiger partial charge in [0.25, 0.3) is 5.91 Å². The molecule has 0 unspecified atom stereocenters. The summed E-state index contributed by atoms with van der Waals surface area (Å²) in [5.41, 5.74) is 3.63. The Hall–Kier alpha value is -3.66. The largest absolute Gasteiger partial charge is 0.490 e. The quantitative estimate of drug-likeness (QED) is 0.354. The Labute approximate surface area is 243 Å². The highest BCUT2D eigenvalue weighted by Gasteiger charge is 2.21. The second-order valence-electron chi connectivity index (χ2n) is 11.1. The lowest BCUT2D eigenvalue weighted by atomic mass is 10.1. The Morgan fingerprint density at radius 2 is 1.56 bits per heavy atom. The molecule has 1 N–H and O–H groups in total. The zero-order chi connectivity index (χ0) is 28.3. The van der Waals surface area contributed by atoms with Crippen LogP contribution in [-0.2, 0) is 6.54 Å². The number of amides is 1. The summed E-state index contributed by atoms with van der Waals surface area (Å²) in [4.78, 5) is 17.7. The predicted molar refractivity (Wildman–Crippen MR) is 161 cm³/mol. The Bertz CT molecular complexity index is 1330. The number of halogens is 1. The summed E-state index contributed by atoms with van der Waals surface area (Å²) < 4.78 is 19.4. The molecule has 3 aromatic carbocycles. The van der Waals surface area contributed by atoms with Crippen LogP contribution in [0.5, 0.6) is 5.75 Å². The van der Waals surface area contributed by atoms with E-state index in [1.807, 2.05) is 36.4 Å². The van der Waals surface area contributed by atoms with Gasteiger partial charge in [0.15, 0.2) is 0 Å². The van der Waals surface area contributed by atoms with Gasteiger partial charge in [-0.1, -0.05) is 42.9 Å². The van der Waals surface area contributed by atoms with Crippen molar-refractivity contribution in [3.63, 3.8) is 0 Å². The van der Waals surface area contributed by atoms with E-state index in [9.17, 15) is 9.18 Å². The Morgan fingerprint density at radius 1 is 0.829 bits per heavy atom. The minimum atomic E-state index is -0.253. The van der Waals surface area contributed by atoms with Gasteiger partial charge in [0.05, 0.1) is 0 Å². The van der Waals surface area contributed by atoms with Crippen LogP contribution in [0.2, 0.25) is 0 Å². The first kappa shape index (κ1) is 28.9. The van der Waals surface area contributed by atoms with Gasteiger partial charge in [-0.15, -0.1) is 0 Å². The van der Waals surface area contributed by atoms with Crippen molar-refractivity contribution < 1.29 is 13.9 Å². The lowest BCUT2D eigenvalue weighted by Crippen LogP contribution is -2.37. The fourth-order valence-electron chi connectivity index (χ4n) is 5.56. The van der Waals surface area contributed by atoms with Gasteiger partial charge >= 0.3 is 0 Å². The molecule has 1 amide bonds. The molecule has 0 aliphatic carbocycles. The molecular formula is C35H40FN3O2. The summed E-state index contributed by atoms with van der Waals surface area (Å²) in [6, 6.07) is 22.1. The first-order valence-corrected chi connectivity index (χ1v) is 15.0. The molecule has 2 aliphatic heterocycles. The molecule has 41 heavy (non-hydrogen) atoms. The van der Waals surface area contributed by atoms with E-state index in [1.165, 1.54) is 43.4 Å². The summed E-state index contributed by atoms with van der Waals surface area (Å²) in [5.74, 6) is 6.77. The molecule has 5 nitrogen and oxygen atoms in total. The van der Waals surface area contributed by atoms with Gasteiger partial charge in [-0.25, -0.2) is 4.39 Å². The summed E-state index contributed by atoms with van der Waals surface area (Å²) in [7, 11) is 0. The van der Waals surface area contributed by atoms with Crippen molar-refractivity contribution in [2.45, 2.75) is 51.2 Å². The lowest BCUT2D eigenvalue weighted by Gasteiger charge is -2.32. The van der Waals surface area contributed by atoms with Crippen LogP contribution in [-0.4, -0.2) is 61.1 Å². The topological polar surface area (TPSA) is 44.8 Å². The average Bonchev–Trinajstić information content (AvgIpc) is 3.27. The summed E-state index contributed by atoms with van der Waals surface area (Å²) in [6.45, 7) is 6.63. The van der Waals surface area contributed by atoms with Gasteiger partial charge in [0, 0.05) is 49.4 Å². The van der Waals surface area contributed by atoms with Gasteiger partial charge < -0.3 is 15.0 Å². The first-order chi connectivity index (χ1) is 20.1. The number of hydrogen-bond acceptors (Lipinski definition) is 4. The van der Waals surface area contributed by atoms with Crippen LogP contribution in [0, 0.1) is 17.7 Å². The number of carbonyl (C=O) groups is 1. The van der Waals surface area contributed by atoms with E-state index in [4.69, 9.17) is 4.74 Å². The second kappa shape index (κ2) is 14.8. The predicted octanol–water partition coefficient (Wildman–Crippen LogP) is 5.87. The zero-order valence-corrected chi connectivity index (χ0v) is 23.8. The summed E-state index contributed by atoms with van der Waals surface area (Å²) >= 11 is 0. The first-order valence-electron chi connectivity index (χ1n) is 15.0. The smallest absolute Gasteiger partial charge is 0.251 e. The van der Waals surface area contributed by atoms with Crippen molar-refractivity contribution in [2.75, 3.05) is 39.3 Å². The Kier molecular flexibility index (Phi) is 10.4. The molecule has 2 saturated heterocycles. The molecule has 5 rings (SSSR count). The van der Waals surface area contributed by atoms with E-state index in [0.29, 0.717) is 12.1 Å². The highest BCUT2D eigenvalue weighted by atomic mass is 19.1. The summed E-state index contributed by atoms with van der Waals surface area (Å²) in [6.07, 6.45) is 7.18. The fourth-order valence-corrected chi connectivity index (χ4v) is 5.56. The average molecular weight is 554 g/mol.